The summed E-state index contributed by atoms with van der Waals surface area (Å²) in [6.45, 7) is 4.63. The van der Waals surface area contributed by atoms with Gasteiger partial charge < -0.3 is 10.2 Å². The maximum absolute atomic E-state index is 13.3. The molecule has 0 radical (unpaired) electrons. The number of carbonyl (C=O) groups excluding carboxylic acids is 1. The van der Waals surface area contributed by atoms with Crippen molar-refractivity contribution in [2.75, 3.05) is 23.3 Å². The zero-order chi connectivity index (χ0) is 20.3. The monoisotopic (exact) mass is 391 g/mol. The largest absolute Gasteiger partial charge is 0.419 e. The lowest BCUT2D eigenvalue weighted by atomic mass is 9.96. The van der Waals surface area contributed by atoms with Crippen molar-refractivity contribution in [1.82, 2.24) is 4.98 Å². The molecule has 0 saturated carbocycles. The van der Waals surface area contributed by atoms with Crippen LogP contribution in [0, 0.1) is 12.8 Å². The molecule has 1 atom stereocenters. The van der Waals surface area contributed by atoms with Gasteiger partial charge in [0.05, 0.1) is 11.5 Å². The third kappa shape index (κ3) is 4.29. The lowest BCUT2D eigenvalue weighted by Crippen LogP contribution is -2.42. The van der Waals surface area contributed by atoms with E-state index in [0.717, 1.165) is 29.3 Å². The minimum absolute atomic E-state index is 0.0994. The van der Waals surface area contributed by atoms with E-state index in [9.17, 15) is 18.0 Å². The van der Waals surface area contributed by atoms with E-state index >= 15 is 0 Å². The summed E-state index contributed by atoms with van der Waals surface area (Å²) >= 11 is 0. The van der Waals surface area contributed by atoms with Crippen LogP contribution in [0.1, 0.15) is 36.5 Å². The number of amides is 1. The number of benzene rings is 1. The SMILES string of the molecule is CCc1cccc(C)c1NC(=O)[C@@H]1CCCN(c2ncccc2C(F)(F)F)C1. The summed E-state index contributed by atoms with van der Waals surface area (Å²) in [4.78, 5) is 18.4. The summed E-state index contributed by atoms with van der Waals surface area (Å²) in [5.74, 6) is -0.642. The summed E-state index contributed by atoms with van der Waals surface area (Å²) in [5.41, 5.74) is 2.07. The smallest absolute Gasteiger partial charge is 0.355 e. The first-order chi connectivity index (χ1) is 13.3. The standard InChI is InChI=1S/C21H24F3N3O/c1-3-15-8-4-7-14(2)18(15)26-20(28)16-9-6-12-27(13-16)19-17(21(22,23)24)10-5-11-25-19/h4-5,7-8,10-11,16H,3,6,9,12-13H2,1-2H3,(H,26,28)/t16-/m1/s1. The van der Waals surface area contributed by atoms with Gasteiger partial charge in [0.25, 0.3) is 0 Å². The van der Waals surface area contributed by atoms with Crippen molar-refractivity contribution in [3.63, 3.8) is 0 Å². The fourth-order valence-electron chi connectivity index (χ4n) is 3.68. The molecule has 28 heavy (non-hydrogen) atoms. The van der Waals surface area contributed by atoms with Crippen molar-refractivity contribution in [2.24, 2.45) is 5.92 Å². The van der Waals surface area contributed by atoms with Crippen LogP contribution in [-0.4, -0.2) is 24.0 Å². The van der Waals surface area contributed by atoms with Crippen LogP contribution in [0.2, 0.25) is 0 Å². The van der Waals surface area contributed by atoms with Crippen LogP contribution in [0.3, 0.4) is 0 Å². The molecule has 4 nitrogen and oxygen atoms in total. The average molecular weight is 391 g/mol. The van der Waals surface area contributed by atoms with Gasteiger partial charge in [-0.3, -0.25) is 4.79 Å². The maximum atomic E-state index is 13.3. The van der Waals surface area contributed by atoms with Gasteiger partial charge in [-0.05, 0) is 49.4 Å². The third-order valence-electron chi connectivity index (χ3n) is 5.17. The van der Waals surface area contributed by atoms with E-state index in [1.165, 1.54) is 12.3 Å². The maximum Gasteiger partial charge on any atom is 0.419 e. The van der Waals surface area contributed by atoms with Crippen molar-refractivity contribution in [3.8, 4) is 0 Å². The highest BCUT2D eigenvalue weighted by Gasteiger charge is 2.37. The Morgan fingerprint density at radius 1 is 1.29 bits per heavy atom. The normalized spacial score (nSPS) is 17.5. The number of aromatic nitrogens is 1. The molecule has 1 aromatic heterocycles. The Balaban J connectivity index is 1.79. The number of anilines is 2. The van der Waals surface area contributed by atoms with E-state index in [1.54, 1.807) is 4.90 Å². The molecule has 1 N–H and O–H groups in total. The summed E-state index contributed by atoms with van der Waals surface area (Å²) in [6.07, 6.45) is -1.05. The fraction of sp³-hybridized carbons (Fsp3) is 0.429. The molecule has 0 spiro atoms. The van der Waals surface area contributed by atoms with Crippen LogP contribution in [0.15, 0.2) is 36.5 Å². The zero-order valence-electron chi connectivity index (χ0n) is 16.0. The van der Waals surface area contributed by atoms with Gasteiger partial charge in [0.1, 0.15) is 5.82 Å². The van der Waals surface area contributed by atoms with Crippen LogP contribution in [-0.2, 0) is 17.4 Å². The molecular formula is C21H24F3N3O. The summed E-state index contributed by atoms with van der Waals surface area (Å²) in [6, 6.07) is 8.18. The van der Waals surface area contributed by atoms with Gasteiger partial charge in [0.15, 0.2) is 0 Å². The molecule has 1 fully saturated rings. The minimum Gasteiger partial charge on any atom is -0.355 e. The minimum atomic E-state index is -4.48. The Bertz CT molecular complexity index is 851. The summed E-state index contributed by atoms with van der Waals surface area (Å²) in [5, 5.41) is 3.01. The number of hydrogen-bond donors (Lipinski definition) is 1. The number of aryl methyl sites for hydroxylation is 2. The second kappa shape index (κ2) is 8.20. The predicted molar refractivity (Wildman–Crippen MR) is 103 cm³/mol. The van der Waals surface area contributed by atoms with Gasteiger partial charge in [-0.1, -0.05) is 25.1 Å². The zero-order valence-corrected chi connectivity index (χ0v) is 16.0. The molecule has 0 unspecified atom stereocenters. The van der Waals surface area contributed by atoms with Crippen LogP contribution < -0.4 is 10.2 Å². The predicted octanol–water partition coefficient (Wildman–Crippen LogP) is 4.83. The number of carbonyl (C=O) groups is 1. The Hall–Kier alpha value is -2.57. The topological polar surface area (TPSA) is 45.2 Å². The summed E-state index contributed by atoms with van der Waals surface area (Å²) in [7, 11) is 0. The molecule has 0 aliphatic carbocycles. The number of pyridine rings is 1. The number of hydrogen-bond acceptors (Lipinski definition) is 3. The first-order valence-electron chi connectivity index (χ1n) is 9.47. The van der Waals surface area contributed by atoms with E-state index in [4.69, 9.17) is 0 Å². The van der Waals surface area contributed by atoms with Crippen molar-refractivity contribution in [2.45, 2.75) is 39.3 Å². The van der Waals surface area contributed by atoms with Crippen molar-refractivity contribution in [3.05, 3.63) is 53.2 Å². The Kier molecular flexibility index (Phi) is 5.91. The second-order valence-electron chi connectivity index (χ2n) is 7.11. The molecular weight excluding hydrogens is 367 g/mol. The Morgan fingerprint density at radius 3 is 2.79 bits per heavy atom. The quantitative estimate of drug-likeness (QED) is 0.812. The fourth-order valence-corrected chi connectivity index (χ4v) is 3.68. The molecule has 1 aliphatic heterocycles. The summed E-state index contributed by atoms with van der Waals surface area (Å²) < 4.78 is 40.0. The molecule has 3 rings (SSSR count). The molecule has 1 amide bonds. The Labute approximate surface area is 162 Å². The van der Waals surface area contributed by atoms with Crippen LogP contribution in [0.4, 0.5) is 24.7 Å². The average Bonchev–Trinajstić information content (AvgIpc) is 2.69. The third-order valence-corrected chi connectivity index (χ3v) is 5.17. The van der Waals surface area contributed by atoms with E-state index < -0.39 is 11.7 Å². The van der Waals surface area contributed by atoms with Gasteiger partial charge >= 0.3 is 6.18 Å². The van der Waals surface area contributed by atoms with Gasteiger partial charge in [-0.2, -0.15) is 13.2 Å². The lowest BCUT2D eigenvalue weighted by Gasteiger charge is -2.34. The second-order valence-corrected chi connectivity index (χ2v) is 7.11. The molecule has 0 bridgehead atoms. The number of rotatable bonds is 4. The van der Waals surface area contributed by atoms with Crippen LogP contribution in [0.5, 0.6) is 0 Å². The lowest BCUT2D eigenvalue weighted by molar-refractivity contribution is -0.137. The van der Waals surface area contributed by atoms with Crippen molar-refractivity contribution in [1.29, 1.82) is 0 Å². The molecule has 150 valence electrons. The van der Waals surface area contributed by atoms with Crippen LogP contribution >= 0.6 is 0 Å². The van der Waals surface area contributed by atoms with E-state index in [-0.39, 0.29) is 24.2 Å². The first kappa shape index (κ1) is 20.2. The van der Waals surface area contributed by atoms with Crippen molar-refractivity contribution >= 4 is 17.4 Å². The van der Waals surface area contributed by atoms with E-state index in [0.29, 0.717) is 19.4 Å². The Morgan fingerprint density at radius 2 is 2.07 bits per heavy atom. The van der Waals surface area contributed by atoms with Gasteiger partial charge in [-0.15, -0.1) is 0 Å². The number of halogens is 3. The highest BCUT2D eigenvalue weighted by molar-refractivity contribution is 5.94. The van der Waals surface area contributed by atoms with Gasteiger partial charge in [-0.25, -0.2) is 4.98 Å². The molecule has 2 aromatic rings. The molecule has 1 saturated heterocycles. The molecule has 2 heterocycles. The van der Waals surface area contributed by atoms with Gasteiger partial charge in [0.2, 0.25) is 5.91 Å². The highest BCUT2D eigenvalue weighted by Crippen LogP contribution is 2.36. The number of nitrogens with zero attached hydrogens (tertiary/aromatic N) is 2. The van der Waals surface area contributed by atoms with E-state index in [2.05, 4.69) is 10.3 Å². The number of nitrogens with one attached hydrogen (secondary N) is 1. The molecule has 1 aromatic carbocycles. The van der Waals surface area contributed by atoms with Crippen molar-refractivity contribution < 1.29 is 18.0 Å². The number of para-hydroxylation sites is 1. The number of piperidine rings is 1. The van der Waals surface area contributed by atoms with Crippen LogP contribution in [0.25, 0.3) is 0 Å². The first-order valence-corrected chi connectivity index (χ1v) is 9.47. The molecule has 1 aliphatic rings. The number of alkyl halides is 3. The van der Waals surface area contributed by atoms with E-state index in [1.807, 2.05) is 32.0 Å². The molecule has 7 heteroatoms. The highest BCUT2D eigenvalue weighted by atomic mass is 19.4. The van der Waals surface area contributed by atoms with Gasteiger partial charge in [0, 0.05) is 25.0 Å².